The standard InChI is InChI=1S/C12H16N2O4/c1-12(2)17-6-9(18-12)7-5-8(7)14-4-3-10(15)13-11(14)16/h3-4,7-9H,5-6H2,1-2H3,(H,13,15,16)/t7-,8+,9-/m1/s1. The van der Waals surface area contributed by atoms with Crippen LogP contribution in [0.2, 0.25) is 0 Å². The largest absolute Gasteiger partial charge is 0.348 e. The zero-order valence-electron chi connectivity index (χ0n) is 10.4. The minimum atomic E-state index is -0.534. The van der Waals surface area contributed by atoms with E-state index in [9.17, 15) is 9.59 Å². The molecule has 2 heterocycles. The predicted molar refractivity (Wildman–Crippen MR) is 63.4 cm³/mol. The third-order valence-corrected chi connectivity index (χ3v) is 3.52. The lowest BCUT2D eigenvalue weighted by Gasteiger charge is -2.17. The van der Waals surface area contributed by atoms with Crippen LogP contribution in [-0.4, -0.2) is 28.0 Å². The topological polar surface area (TPSA) is 73.3 Å². The number of rotatable bonds is 2. The van der Waals surface area contributed by atoms with E-state index in [1.807, 2.05) is 13.8 Å². The average molecular weight is 252 g/mol. The molecule has 0 amide bonds. The van der Waals surface area contributed by atoms with Gasteiger partial charge < -0.3 is 9.47 Å². The number of H-pyrrole nitrogens is 1. The molecule has 2 fully saturated rings. The third-order valence-electron chi connectivity index (χ3n) is 3.52. The first-order valence-corrected chi connectivity index (χ1v) is 6.09. The Kier molecular flexibility index (Phi) is 2.46. The van der Waals surface area contributed by atoms with Gasteiger partial charge in [-0.25, -0.2) is 4.79 Å². The van der Waals surface area contributed by atoms with Gasteiger partial charge in [0.25, 0.3) is 5.56 Å². The Labute approximate surface area is 104 Å². The van der Waals surface area contributed by atoms with Crippen LogP contribution in [0.4, 0.5) is 0 Å². The first kappa shape index (κ1) is 11.7. The van der Waals surface area contributed by atoms with E-state index in [2.05, 4.69) is 4.98 Å². The van der Waals surface area contributed by atoms with Crippen molar-refractivity contribution in [1.29, 1.82) is 0 Å². The van der Waals surface area contributed by atoms with Crippen molar-refractivity contribution >= 4 is 0 Å². The van der Waals surface area contributed by atoms with E-state index in [0.29, 0.717) is 6.61 Å². The minimum Gasteiger partial charge on any atom is -0.348 e. The van der Waals surface area contributed by atoms with E-state index in [1.54, 1.807) is 10.8 Å². The number of nitrogens with one attached hydrogen (secondary N) is 1. The van der Waals surface area contributed by atoms with Crippen molar-refractivity contribution in [3.63, 3.8) is 0 Å². The monoisotopic (exact) mass is 252 g/mol. The van der Waals surface area contributed by atoms with E-state index in [-0.39, 0.29) is 29.3 Å². The highest BCUT2D eigenvalue weighted by Crippen LogP contribution is 2.48. The maximum Gasteiger partial charge on any atom is 0.328 e. The second kappa shape index (κ2) is 3.80. The van der Waals surface area contributed by atoms with Gasteiger partial charge in [-0.05, 0) is 20.3 Å². The quantitative estimate of drug-likeness (QED) is 0.818. The van der Waals surface area contributed by atoms with Crippen molar-refractivity contribution in [3.05, 3.63) is 33.1 Å². The lowest BCUT2D eigenvalue weighted by molar-refractivity contribution is -0.140. The number of hydrogen-bond acceptors (Lipinski definition) is 4. The van der Waals surface area contributed by atoms with Crippen LogP contribution in [0.5, 0.6) is 0 Å². The van der Waals surface area contributed by atoms with E-state index < -0.39 is 5.79 Å². The van der Waals surface area contributed by atoms with E-state index >= 15 is 0 Å². The van der Waals surface area contributed by atoms with E-state index in [0.717, 1.165) is 6.42 Å². The lowest BCUT2D eigenvalue weighted by atomic mass is 10.2. The highest BCUT2D eigenvalue weighted by molar-refractivity contribution is 5.01. The fourth-order valence-electron chi connectivity index (χ4n) is 2.53. The molecule has 1 N–H and O–H groups in total. The van der Waals surface area contributed by atoms with Crippen LogP contribution in [-0.2, 0) is 9.47 Å². The molecule has 6 heteroatoms. The molecule has 1 aliphatic heterocycles. The molecule has 2 aliphatic rings. The second-order valence-corrected chi connectivity index (χ2v) is 5.35. The zero-order chi connectivity index (χ0) is 12.9. The molecule has 1 aromatic heterocycles. The predicted octanol–water partition coefficient (Wildman–Crippen LogP) is 0.249. The number of nitrogens with zero attached hydrogens (tertiary/aromatic N) is 1. The Morgan fingerprint density at radius 2 is 2.22 bits per heavy atom. The summed E-state index contributed by atoms with van der Waals surface area (Å²) in [4.78, 5) is 24.9. The first-order chi connectivity index (χ1) is 8.46. The van der Waals surface area contributed by atoms with Crippen molar-refractivity contribution in [1.82, 2.24) is 9.55 Å². The Balaban J connectivity index is 1.75. The summed E-state index contributed by atoms with van der Waals surface area (Å²) in [6.07, 6.45) is 2.46. The molecule has 1 saturated heterocycles. The molecule has 0 unspecified atom stereocenters. The Hall–Kier alpha value is -1.40. The van der Waals surface area contributed by atoms with Crippen molar-refractivity contribution in [3.8, 4) is 0 Å². The van der Waals surface area contributed by atoms with Gasteiger partial charge in [-0.1, -0.05) is 0 Å². The molecule has 3 atom stereocenters. The molecule has 98 valence electrons. The first-order valence-electron chi connectivity index (χ1n) is 6.09. The van der Waals surface area contributed by atoms with Crippen molar-refractivity contribution in [2.24, 2.45) is 5.92 Å². The summed E-state index contributed by atoms with van der Waals surface area (Å²) in [5.41, 5.74) is -0.719. The van der Waals surface area contributed by atoms with Crippen LogP contribution < -0.4 is 11.2 Å². The molecule has 6 nitrogen and oxygen atoms in total. The molecule has 3 rings (SSSR count). The molecule has 0 spiro atoms. The normalized spacial score (nSPS) is 33.6. The third kappa shape index (κ3) is 2.02. The number of aromatic amines is 1. The zero-order valence-corrected chi connectivity index (χ0v) is 10.4. The molecular weight excluding hydrogens is 236 g/mol. The summed E-state index contributed by atoms with van der Waals surface area (Å²) in [6.45, 7) is 4.33. The maximum atomic E-state index is 11.6. The van der Waals surface area contributed by atoms with Gasteiger partial charge in [0.05, 0.1) is 12.7 Å². The van der Waals surface area contributed by atoms with E-state index in [4.69, 9.17) is 9.47 Å². The van der Waals surface area contributed by atoms with Gasteiger partial charge in [-0.3, -0.25) is 14.3 Å². The SMILES string of the molecule is CC1(C)OC[C@H]([C@@H]2C[C@@H]2n2ccc(=O)[nH]c2=O)O1. The van der Waals surface area contributed by atoms with Crippen LogP contribution in [0.1, 0.15) is 26.3 Å². The molecule has 0 bridgehead atoms. The van der Waals surface area contributed by atoms with Crippen LogP contribution >= 0.6 is 0 Å². The van der Waals surface area contributed by atoms with Crippen molar-refractivity contribution in [2.45, 2.75) is 38.2 Å². The summed E-state index contributed by atoms with van der Waals surface area (Å²) in [5, 5.41) is 0. The van der Waals surface area contributed by atoms with Crippen LogP contribution in [0.25, 0.3) is 0 Å². The second-order valence-electron chi connectivity index (χ2n) is 5.35. The molecule has 0 radical (unpaired) electrons. The molecule has 18 heavy (non-hydrogen) atoms. The van der Waals surface area contributed by atoms with Gasteiger partial charge in [0.15, 0.2) is 5.79 Å². The summed E-state index contributed by atoms with van der Waals surface area (Å²) in [6, 6.07) is 1.48. The van der Waals surface area contributed by atoms with Crippen LogP contribution in [0.15, 0.2) is 21.9 Å². The van der Waals surface area contributed by atoms with Crippen LogP contribution in [0.3, 0.4) is 0 Å². The summed E-state index contributed by atoms with van der Waals surface area (Å²) in [7, 11) is 0. The molecule has 1 aliphatic carbocycles. The van der Waals surface area contributed by atoms with Gasteiger partial charge in [0.2, 0.25) is 0 Å². The summed E-state index contributed by atoms with van der Waals surface area (Å²) >= 11 is 0. The van der Waals surface area contributed by atoms with Crippen molar-refractivity contribution < 1.29 is 9.47 Å². The fraction of sp³-hybridized carbons (Fsp3) is 0.667. The summed E-state index contributed by atoms with van der Waals surface area (Å²) < 4.78 is 12.9. The maximum absolute atomic E-state index is 11.6. The van der Waals surface area contributed by atoms with Gasteiger partial charge in [0.1, 0.15) is 0 Å². The number of hydrogen-bond donors (Lipinski definition) is 1. The van der Waals surface area contributed by atoms with Crippen molar-refractivity contribution in [2.75, 3.05) is 6.61 Å². The summed E-state index contributed by atoms with van der Waals surface area (Å²) in [5.74, 6) is -0.247. The molecular formula is C12H16N2O4. The van der Waals surface area contributed by atoms with Gasteiger partial charge >= 0.3 is 5.69 Å². The Morgan fingerprint density at radius 3 is 2.83 bits per heavy atom. The fourth-order valence-corrected chi connectivity index (χ4v) is 2.53. The van der Waals surface area contributed by atoms with Gasteiger partial charge in [-0.15, -0.1) is 0 Å². The highest BCUT2D eigenvalue weighted by Gasteiger charge is 2.50. The van der Waals surface area contributed by atoms with E-state index in [1.165, 1.54) is 6.07 Å². The Morgan fingerprint density at radius 1 is 1.44 bits per heavy atom. The van der Waals surface area contributed by atoms with Crippen LogP contribution in [0, 0.1) is 5.92 Å². The molecule has 1 saturated carbocycles. The Bertz CT molecular complexity index is 574. The lowest BCUT2D eigenvalue weighted by Crippen LogP contribution is -2.29. The number of aromatic nitrogens is 2. The minimum absolute atomic E-state index is 0.0313. The highest BCUT2D eigenvalue weighted by atomic mass is 16.7. The molecule has 0 aromatic carbocycles. The van der Waals surface area contributed by atoms with Gasteiger partial charge in [0, 0.05) is 24.2 Å². The average Bonchev–Trinajstić information content (AvgIpc) is 2.97. The smallest absolute Gasteiger partial charge is 0.328 e. The molecule has 1 aromatic rings. The van der Waals surface area contributed by atoms with Gasteiger partial charge in [-0.2, -0.15) is 0 Å². The number of ether oxygens (including phenoxy) is 2.